The highest BCUT2D eigenvalue weighted by Gasteiger charge is 2.13. The maximum absolute atomic E-state index is 11.6. The van der Waals surface area contributed by atoms with Crippen LogP contribution in [0.5, 0.6) is 0 Å². The molecular formula is C12H20N2O4S. The SMILES string of the molecule is COCCCOCCOC(=O)c1csc(C(C)N)n1. The molecule has 1 rings (SSSR count). The van der Waals surface area contributed by atoms with Crippen molar-refractivity contribution in [1.29, 1.82) is 0 Å². The van der Waals surface area contributed by atoms with Gasteiger partial charge in [-0.3, -0.25) is 0 Å². The second-order valence-corrected chi connectivity index (χ2v) is 4.84. The van der Waals surface area contributed by atoms with Crippen LogP contribution in [0.1, 0.15) is 34.9 Å². The van der Waals surface area contributed by atoms with Crippen LogP contribution in [-0.2, 0) is 14.2 Å². The van der Waals surface area contributed by atoms with Gasteiger partial charge in [-0.05, 0) is 13.3 Å². The van der Waals surface area contributed by atoms with Gasteiger partial charge in [-0.1, -0.05) is 0 Å². The molecule has 1 heterocycles. The molecule has 0 aromatic carbocycles. The summed E-state index contributed by atoms with van der Waals surface area (Å²) in [7, 11) is 1.64. The highest BCUT2D eigenvalue weighted by Crippen LogP contribution is 2.16. The number of ether oxygens (including phenoxy) is 3. The Bertz CT molecular complexity index is 382. The van der Waals surface area contributed by atoms with Gasteiger partial charge in [0, 0.05) is 25.7 Å². The Morgan fingerprint density at radius 1 is 1.42 bits per heavy atom. The van der Waals surface area contributed by atoms with Crippen molar-refractivity contribution >= 4 is 17.3 Å². The molecule has 0 fully saturated rings. The van der Waals surface area contributed by atoms with Gasteiger partial charge < -0.3 is 19.9 Å². The van der Waals surface area contributed by atoms with Crippen LogP contribution in [-0.4, -0.2) is 44.5 Å². The van der Waals surface area contributed by atoms with E-state index in [2.05, 4.69) is 4.98 Å². The molecule has 0 radical (unpaired) electrons. The summed E-state index contributed by atoms with van der Waals surface area (Å²) in [4.78, 5) is 15.7. The summed E-state index contributed by atoms with van der Waals surface area (Å²) < 4.78 is 15.2. The number of methoxy groups -OCH3 is 1. The monoisotopic (exact) mass is 288 g/mol. The summed E-state index contributed by atoms with van der Waals surface area (Å²) >= 11 is 1.36. The van der Waals surface area contributed by atoms with E-state index in [0.717, 1.165) is 11.4 Å². The van der Waals surface area contributed by atoms with Gasteiger partial charge in [-0.2, -0.15) is 0 Å². The fraction of sp³-hybridized carbons (Fsp3) is 0.667. The summed E-state index contributed by atoms with van der Waals surface area (Å²) in [6, 6.07) is -0.171. The van der Waals surface area contributed by atoms with Crippen molar-refractivity contribution in [3.8, 4) is 0 Å². The molecule has 19 heavy (non-hydrogen) atoms. The number of rotatable bonds is 9. The van der Waals surface area contributed by atoms with E-state index in [-0.39, 0.29) is 12.6 Å². The van der Waals surface area contributed by atoms with Crippen LogP contribution in [0.2, 0.25) is 0 Å². The molecule has 0 aliphatic rings. The lowest BCUT2D eigenvalue weighted by Crippen LogP contribution is -2.12. The normalized spacial score (nSPS) is 12.4. The molecule has 0 aliphatic heterocycles. The van der Waals surface area contributed by atoms with Crippen molar-refractivity contribution in [2.75, 3.05) is 33.5 Å². The van der Waals surface area contributed by atoms with Crippen molar-refractivity contribution in [1.82, 2.24) is 4.98 Å². The first-order valence-corrected chi connectivity index (χ1v) is 6.98. The highest BCUT2D eigenvalue weighted by molar-refractivity contribution is 7.09. The van der Waals surface area contributed by atoms with Crippen LogP contribution in [0.3, 0.4) is 0 Å². The summed E-state index contributed by atoms with van der Waals surface area (Å²) in [6.07, 6.45) is 0.828. The third kappa shape index (κ3) is 6.11. The summed E-state index contributed by atoms with van der Waals surface area (Å²) in [5, 5.41) is 2.38. The predicted molar refractivity (Wildman–Crippen MR) is 72.3 cm³/mol. The molecule has 0 aliphatic carbocycles. The fourth-order valence-electron chi connectivity index (χ4n) is 1.27. The second kappa shape index (κ2) is 8.98. The Hall–Kier alpha value is -1.02. The second-order valence-electron chi connectivity index (χ2n) is 3.95. The highest BCUT2D eigenvalue weighted by atomic mass is 32.1. The number of hydrogen-bond donors (Lipinski definition) is 1. The van der Waals surface area contributed by atoms with Gasteiger partial charge in [0.2, 0.25) is 0 Å². The minimum absolute atomic E-state index is 0.171. The lowest BCUT2D eigenvalue weighted by molar-refractivity contribution is 0.0283. The van der Waals surface area contributed by atoms with Crippen molar-refractivity contribution in [3.63, 3.8) is 0 Å². The summed E-state index contributed by atoms with van der Waals surface area (Å²) in [5.41, 5.74) is 5.97. The van der Waals surface area contributed by atoms with Gasteiger partial charge in [0.25, 0.3) is 0 Å². The van der Waals surface area contributed by atoms with Gasteiger partial charge in [0.05, 0.1) is 12.6 Å². The first-order valence-electron chi connectivity index (χ1n) is 6.10. The van der Waals surface area contributed by atoms with Crippen LogP contribution in [0, 0.1) is 0 Å². The van der Waals surface area contributed by atoms with E-state index in [1.54, 1.807) is 12.5 Å². The lowest BCUT2D eigenvalue weighted by atomic mass is 10.4. The van der Waals surface area contributed by atoms with E-state index in [0.29, 0.717) is 25.5 Å². The van der Waals surface area contributed by atoms with Gasteiger partial charge in [0.1, 0.15) is 11.6 Å². The van der Waals surface area contributed by atoms with E-state index in [1.807, 2.05) is 6.92 Å². The van der Waals surface area contributed by atoms with Crippen LogP contribution < -0.4 is 5.73 Å². The molecule has 108 valence electrons. The van der Waals surface area contributed by atoms with E-state index >= 15 is 0 Å². The maximum atomic E-state index is 11.6. The molecule has 2 N–H and O–H groups in total. The zero-order valence-corrected chi connectivity index (χ0v) is 12.1. The third-order valence-corrected chi connectivity index (χ3v) is 3.26. The Labute approximate surface area is 116 Å². The van der Waals surface area contributed by atoms with Crippen LogP contribution in [0.15, 0.2) is 5.38 Å². The maximum Gasteiger partial charge on any atom is 0.357 e. The molecule has 1 aromatic heterocycles. The average Bonchev–Trinajstić information content (AvgIpc) is 2.87. The Morgan fingerprint density at radius 3 is 2.84 bits per heavy atom. The quantitative estimate of drug-likeness (QED) is 0.546. The predicted octanol–water partition coefficient (Wildman–Crippen LogP) is 1.37. The number of esters is 1. The number of carbonyl (C=O) groups excluding carboxylic acids is 1. The molecule has 0 spiro atoms. The molecule has 1 aromatic rings. The van der Waals surface area contributed by atoms with Gasteiger partial charge in [-0.25, -0.2) is 9.78 Å². The van der Waals surface area contributed by atoms with E-state index < -0.39 is 5.97 Å². The van der Waals surface area contributed by atoms with Gasteiger partial charge >= 0.3 is 5.97 Å². The van der Waals surface area contributed by atoms with E-state index in [9.17, 15) is 4.79 Å². The molecule has 1 atom stereocenters. The van der Waals surface area contributed by atoms with E-state index in [4.69, 9.17) is 19.9 Å². The molecule has 0 amide bonds. The van der Waals surface area contributed by atoms with E-state index in [1.165, 1.54) is 11.3 Å². The number of thiazole rings is 1. The first-order chi connectivity index (χ1) is 9.15. The zero-order valence-electron chi connectivity index (χ0n) is 11.3. The molecule has 1 unspecified atom stereocenters. The molecule has 6 nitrogen and oxygen atoms in total. The Kier molecular flexibility index (Phi) is 7.57. The van der Waals surface area contributed by atoms with Crippen molar-refractivity contribution in [3.05, 3.63) is 16.1 Å². The van der Waals surface area contributed by atoms with Crippen LogP contribution >= 0.6 is 11.3 Å². The van der Waals surface area contributed by atoms with Crippen LogP contribution in [0.25, 0.3) is 0 Å². The van der Waals surface area contributed by atoms with Crippen LogP contribution in [0.4, 0.5) is 0 Å². The van der Waals surface area contributed by atoms with Crippen molar-refractivity contribution in [2.24, 2.45) is 5.73 Å². The first kappa shape index (κ1) is 16.0. The lowest BCUT2D eigenvalue weighted by Gasteiger charge is -2.04. The average molecular weight is 288 g/mol. The molecule has 0 bridgehead atoms. The smallest absolute Gasteiger partial charge is 0.357 e. The number of aromatic nitrogens is 1. The van der Waals surface area contributed by atoms with Crippen molar-refractivity contribution < 1.29 is 19.0 Å². The molecule has 0 saturated heterocycles. The molecular weight excluding hydrogens is 268 g/mol. The fourth-order valence-corrected chi connectivity index (χ4v) is 2.01. The van der Waals surface area contributed by atoms with Gasteiger partial charge in [-0.15, -0.1) is 11.3 Å². The Balaban J connectivity index is 2.16. The topological polar surface area (TPSA) is 83.7 Å². The minimum Gasteiger partial charge on any atom is -0.458 e. The minimum atomic E-state index is -0.441. The molecule has 7 heteroatoms. The Morgan fingerprint density at radius 2 is 2.21 bits per heavy atom. The zero-order chi connectivity index (χ0) is 14.1. The number of carbonyl (C=O) groups is 1. The summed E-state index contributed by atoms with van der Waals surface area (Å²) in [6.45, 7) is 3.67. The number of nitrogens with two attached hydrogens (primary N) is 1. The van der Waals surface area contributed by atoms with Gasteiger partial charge in [0.15, 0.2) is 5.69 Å². The number of nitrogens with zero attached hydrogens (tertiary/aromatic N) is 1. The summed E-state index contributed by atoms with van der Waals surface area (Å²) in [5.74, 6) is -0.441. The standard InChI is InChI=1S/C12H20N2O4S/c1-9(13)11-14-10(8-19-11)12(15)18-7-6-17-5-3-4-16-2/h8-9H,3-7,13H2,1-2H3. The van der Waals surface area contributed by atoms with Crippen molar-refractivity contribution in [2.45, 2.75) is 19.4 Å². The largest absolute Gasteiger partial charge is 0.458 e. The molecule has 0 saturated carbocycles. The third-order valence-electron chi connectivity index (χ3n) is 2.22. The number of hydrogen-bond acceptors (Lipinski definition) is 7.